The summed E-state index contributed by atoms with van der Waals surface area (Å²) in [4.78, 5) is 0.0438. The van der Waals surface area contributed by atoms with Crippen LogP contribution in [0.5, 0.6) is 11.5 Å². The minimum absolute atomic E-state index is 0.0438. The third kappa shape index (κ3) is 3.23. The molecule has 0 saturated carbocycles. The molecule has 0 aromatic heterocycles. The van der Waals surface area contributed by atoms with Gasteiger partial charge in [-0.25, -0.2) is 13.2 Å². The van der Waals surface area contributed by atoms with Crippen molar-refractivity contribution in [1.82, 2.24) is 0 Å². The second-order valence-electron chi connectivity index (χ2n) is 3.72. The molecule has 0 aliphatic carbocycles. The number of rotatable bonds is 3. The van der Waals surface area contributed by atoms with E-state index < -0.39 is 17.5 Å². The number of halogens is 3. The molecule has 2 rings (SSSR count). The van der Waals surface area contributed by atoms with Crippen LogP contribution in [0.1, 0.15) is 5.56 Å². The molecule has 0 bridgehead atoms. The van der Waals surface area contributed by atoms with Gasteiger partial charge in [-0.05, 0) is 18.2 Å². The van der Waals surface area contributed by atoms with Crippen LogP contribution in [0.2, 0.25) is 0 Å². The average molecular weight is 283 g/mol. The van der Waals surface area contributed by atoms with Gasteiger partial charge in [0.2, 0.25) is 0 Å². The normalized spacial score (nSPS) is 10.3. The molecule has 0 unspecified atom stereocenters. The first kappa shape index (κ1) is 13.4. The minimum Gasteiger partial charge on any atom is -0.454 e. The second kappa shape index (κ2) is 5.27. The van der Waals surface area contributed by atoms with E-state index in [1.807, 2.05) is 0 Å². The number of nitrogens with two attached hydrogens (primary N) is 1. The quantitative estimate of drug-likeness (QED) is 0.875. The zero-order chi connectivity index (χ0) is 14.0. The third-order valence-corrected chi connectivity index (χ3v) is 2.52. The van der Waals surface area contributed by atoms with Gasteiger partial charge in [-0.3, -0.25) is 0 Å². The Morgan fingerprint density at radius 1 is 1.00 bits per heavy atom. The van der Waals surface area contributed by atoms with Crippen LogP contribution in [0.15, 0.2) is 36.4 Å². The Bertz CT molecular complexity index is 626. The van der Waals surface area contributed by atoms with Gasteiger partial charge in [0, 0.05) is 23.8 Å². The molecule has 2 N–H and O–H groups in total. The maximum atomic E-state index is 13.7. The number of hydrogen-bond donors (Lipinski definition) is 1. The van der Waals surface area contributed by atoms with E-state index in [9.17, 15) is 13.2 Å². The molecule has 0 atom stereocenters. The molecule has 2 nitrogen and oxygen atoms in total. The highest BCUT2D eigenvalue weighted by Gasteiger charge is 2.09. The Hall–Kier alpha value is -2.08. The van der Waals surface area contributed by atoms with E-state index in [0.717, 1.165) is 18.2 Å². The summed E-state index contributed by atoms with van der Waals surface area (Å²) in [7, 11) is 0. The van der Waals surface area contributed by atoms with Crippen molar-refractivity contribution in [3.63, 3.8) is 0 Å². The topological polar surface area (TPSA) is 35.2 Å². The summed E-state index contributed by atoms with van der Waals surface area (Å²) in [5.74, 6) is -2.66. The van der Waals surface area contributed by atoms with Crippen LogP contribution < -0.4 is 10.5 Å². The van der Waals surface area contributed by atoms with Gasteiger partial charge in [-0.15, -0.1) is 0 Å². The molecule has 6 heteroatoms. The maximum absolute atomic E-state index is 13.7. The fourth-order valence-electron chi connectivity index (χ4n) is 1.45. The largest absolute Gasteiger partial charge is 0.454 e. The zero-order valence-electron chi connectivity index (χ0n) is 9.49. The van der Waals surface area contributed by atoms with Crippen molar-refractivity contribution in [1.29, 1.82) is 0 Å². The van der Waals surface area contributed by atoms with E-state index >= 15 is 0 Å². The number of ether oxygens (including phenoxy) is 1. The first-order chi connectivity index (χ1) is 8.95. The summed E-state index contributed by atoms with van der Waals surface area (Å²) in [5, 5.41) is 0. The van der Waals surface area contributed by atoms with Gasteiger partial charge >= 0.3 is 0 Å². The molecule has 0 radical (unpaired) electrons. The van der Waals surface area contributed by atoms with Crippen molar-refractivity contribution in [3.8, 4) is 11.5 Å². The Kier molecular flexibility index (Phi) is 3.71. The van der Waals surface area contributed by atoms with Crippen molar-refractivity contribution in [2.24, 2.45) is 5.73 Å². The summed E-state index contributed by atoms with van der Waals surface area (Å²) in [5.41, 5.74) is 5.69. The fourth-order valence-corrected chi connectivity index (χ4v) is 1.58. The predicted octanol–water partition coefficient (Wildman–Crippen LogP) is 3.53. The van der Waals surface area contributed by atoms with Crippen molar-refractivity contribution in [2.45, 2.75) is 0 Å². The van der Waals surface area contributed by atoms with Crippen LogP contribution in [-0.2, 0) is 0 Å². The molecular formula is C13H8F3NOS. The highest BCUT2D eigenvalue weighted by Crippen LogP contribution is 2.26. The Labute approximate surface area is 112 Å². The van der Waals surface area contributed by atoms with E-state index in [-0.39, 0.29) is 16.5 Å². The molecule has 98 valence electrons. The van der Waals surface area contributed by atoms with Gasteiger partial charge in [-0.1, -0.05) is 12.2 Å². The number of thiocarbonyl (C=S) groups is 1. The summed E-state index contributed by atoms with van der Waals surface area (Å²) in [6, 6.07) is 6.42. The second-order valence-corrected chi connectivity index (χ2v) is 4.16. The number of benzene rings is 2. The maximum Gasteiger partial charge on any atom is 0.166 e. The minimum atomic E-state index is -0.810. The molecule has 0 saturated heterocycles. The van der Waals surface area contributed by atoms with Crippen molar-refractivity contribution in [3.05, 3.63) is 59.4 Å². The monoisotopic (exact) mass is 283 g/mol. The molecule has 0 aliphatic heterocycles. The van der Waals surface area contributed by atoms with Gasteiger partial charge in [0.1, 0.15) is 22.4 Å². The van der Waals surface area contributed by atoms with Crippen LogP contribution in [0, 0.1) is 17.5 Å². The van der Waals surface area contributed by atoms with Gasteiger partial charge in [0.05, 0.1) is 0 Å². The van der Waals surface area contributed by atoms with Crippen LogP contribution in [-0.4, -0.2) is 4.99 Å². The van der Waals surface area contributed by atoms with Gasteiger partial charge in [0.15, 0.2) is 11.6 Å². The van der Waals surface area contributed by atoms with E-state index in [2.05, 4.69) is 0 Å². The molecule has 0 aliphatic rings. The summed E-state index contributed by atoms with van der Waals surface area (Å²) in [6.45, 7) is 0. The van der Waals surface area contributed by atoms with Gasteiger partial charge in [-0.2, -0.15) is 0 Å². The lowest BCUT2D eigenvalue weighted by Gasteiger charge is -2.08. The summed E-state index contributed by atoms with van der Waals surface area (Å²) in [6.07, 6.45) is 0. The first-order valence-electron chi connectivity index (χ1n) is 5.19. The standard InChI is InChI=1S/C13H8F3NOS/c14-8-4-9(15)6-10(5-8)18-12-2-1-7(13(17)19)3-11(12)16/h1-6H,(H2,17,19). The molecular weight excluding hydrogens is 275 g/mol. The van der Waals surface area contributed by atoms with Gasteiger partial charge < -0.3 is 10.5 Å². The predicted molar refractivity (Wildman–Crippen MR) is 68.7 cm³/mol. The highest BCUT2D eigenvalue weighted by molar-refractivity contribution is 7.80. The SMILES string of the molecule is NC(=S)c1ccc(Oc2cc(F)cc(F)c2)c(F)c1. The first-order valence-corrected chi connectivity index (χ1v) is 5.60. The molecule has 0 spiro atoms. The molecule has 2 aromatic carbocycles. The van der Waals surface area contributed by atoms with E-state index in [1.165, 1.54) is 12.1 Å². The fraction of sp³-hybridized carbons (Fsp3) is 0. The molecule has 0 amide bonds. The lowest BCUT2D eigenvalue weighted by molar-refractivity contribution is 0.434. The van der Waals surface area contributed by atoms with Crippen LogP contribution in [0.4, 0.5) is 13.2 Å². The Balaban J connectivity index is 2.30. The molecule has 19 heavy (non-hydrogen) atoms. The highest BCUT2D eigenvalue weighted by atomic mass is 32.1. The van der Waals surface area contributed by atoms with Crippen molar-refractivity contribution >= 4 is 17.2 Å². The van der Waals surface area contributed by atoms with Gasteiger partial charge in [0.25, 0.3) is 0 Å². The number of hydrogen-bond acceptors (Lipinski definition) is 2. The average Bonchev–Trinajstić information content (AvgIpc) is 2.30. The van der Waals surface area contributed by atoms with Crippen molar-refractivity contribution in [2.75, 3.05) is 0 Å². The Morgan fingerprint density at radius 3 is 2.16 bits per heavy atom. The Morgan fingerprint density at radius 2 is 1.63 bits per heavy atom. The van der Waals surface area contributed by atoms with E-state index in [4.69, 9.17) is 22.7 Å². The van der Waals surface area contributed by atoms with E-state index in [1.54, 1.807) is 0 Å². The van der Waals surface area contributed by atoms with Crippen molar-refractivity contribution < 1.29 is 17.9 Å². The van der Waals surface area contributed by atoms with E-state index in [0.29, 0.717) is 11.6 Å². The molecule has 0 heterocycles. The summed E-state index contributed by atoms with van der Waals surface area (Å²) < 4.78 is 44.6. The smallest absolute Gasteiger partial charge is 0.166 e. The zero-order valence-corrected chi connectivity index (χ0v) is 10.3. The van der Waals surface area contributed by atoms with Crippen LogP contribution in [0.25, 0.3) is 0 Å². The molecule has 0 fully saturated rings. The lowest BCUT2D eigenvalue weighted by atomic mass is 10.2. The van der Waals surface area contributed by atoms with Crippen LogP contribution >= 0.6 is 12.2 Å². The summed E-state index contributed by atoms with van der Waals surface area (Å²) >= 11 is 4.70. The lowest BCUT2D eigenvalue weighted by Crippen LogP contribution is -2.09. The third-order valence-electron chi connectivity index (χ3n) is 2.28. The molecule has 2 aromatic rings. The van der Waals surface area contributed by atoms with Crippen LogP contribution in [0.3, 0.4) is 0 Å².